The molecule has 0 unspecified atom stereocenters. The molecule has 0 saturated heterocycles. The quantitative estimate of drug-likeness (QED) is 0.904. The first-order chi connectivity index (χ1) is 9.84. The van der Waals surface area contributed by atoms with E-state index in [1.165, 1.54) is 0 Å². The minimum atomic E-state index is -0.0693. The third kappa shape index (κ3) is 2.77. The summed E-state index contributed by atoms with van der Waals surface area (Å²) in [5.41, 5.74) is 1.02. The Labute approximate surface area is 119 Å². The minimum Gasteiger partial charge on any atom is -0.467 e. The van der Waals surface area contributed by atoms with Crippen LogP contribution in [-0.4, -0.2) is 5.78 Å². The molecule has 2 atom stereocenters. The SMILES string of the molecule is O=C1CCCC[C@@H]1[C@@H](Nc1ccccc1)c1ccco1. The molecule has 1 aliphatic carbocycles. The maximum Gasteiger partial charge on any atom is 0.138 e. The van der Waals surface area contributed by atoms with Crippen molar-refractivity contribution in [3.63, 3.8) is 0 Å². The topological polar surface area (TPSA) is 42.2 Å². The van der Waals surface area contributed by atoms with Crippen LogP contribution in [0, 0.1) is 5.92 Å². The Morgan fingerprint density at radius 2 is 1.95 bits per heavy atom. The molecule has 3 heteroatoms. The smallest absolute Gasteiger partial charge is 0.138 e. The first kappa shape index (κ1) is 13.0. The molecule has 1 N–H and O–H groups in total. The number of anilines is 1. The molecule has 0 bridgehead atoms. The molecule has 1 aromatic carbocycles. The first-order valence-corrected chi connectivity index (χ1v) is 7.22. The summed E-state index contributed by atoms with van der Waals surface area (Å²) in [6.07, 6.45) is 5.43. The Bertz CT molecular complexity index is 548. The van der Waals surface area contributed by atoms with Crippen molar-refractivity contribution in [1.29, 1.82) is 0 Å². The van der Waals surface area contributed by atoms with Crippen molar-refractivity contribution in [2.45, 2.75) is 31.7 Å². The molecule has 1 aliphatic rings. The van der Waals surface area contributed by atoms with Gasteiger partial charge in [0, 0.05) is 18.0 Å². The van der Waals surface area contributed by atoms with Gasteiger partial charge in [-0.1, -0.05) is 24.6 Å². The molecule has 20 heavy (non-hydrogen) atoms. The van der Waals surface area contributed by atoms with E-state index in [2.05, 4.69) is 5.32 Å². The van der Waals surface area contributed by atoms with Crippen LogP contribution in [-0.2, 0) is 4.79 Å². The number of carbonyl (C=O) groups is 1. The number of hydrogen-bond acceptors (Lipinski definition) is 3. The highest BCUT2D eigenvalue weighted by Gasteiger charge is 2.32. The predicted octanol–water partition coefficient (Wildman–Crippen LogP) is 4.19. The lowest BCUT2D eigenvalue weighted by Gasteiger charge is -2.29. The van der Waals surface area contributed by atoms with E-state index in [-0.39, 0.29) is 12.0 Å². The second kappa shape index (κ2) is 5.95. The number of rotatable bonds is 4. The van der Waals surface area contributed by atoms with E-state index >= 15 is 0 Å². The molecule has 3 nitrogen and oxygen atoms in total. The number of para-hydroxylation sites is 1. The maximum absolute atomic E-state index is 12.2. The molecule has 1 heterocycles. The molecule has 0 aliphatic heterocycles. The van der Waals surface area contributed by atoms with E-state index in [0.717, 1.165) is 30.7 Å². The van der Waals surface area contributed by atoms with Crippen LogP contribution < -0.4 is 5.32 Å². The van der Waals surface area contributed by atoms with Crippen molar-refractivity contribution >= 4 is 11.5 Å². The molecule has 2 aromatic rings. The van der Waals surface area contributed by atoms with Gasteiger partial charge in [-0.25, -0.2) is 0 Å². The second-order valence-electron chi connectivity index (χ2n) is 5.32. The summed E-state index contributed by atoms with van der Waals surface area (Å²) in [7, 11) is 0. The number of benzene rings is 1. The average molecular weight is 269 g/mol. The third-order valence-corrected chi connectivity index (χ3v) is 3.95. The van der Waals surface area contributed by atoms with Gasteiger partial charge in [-0.3, -0.25) is 4.79 Å². The summed E-state index contributed by atoms with van der Waals surface area (Å²) >= 11 is 0. The summed E-state index contributed by atoms with van der Waals surface area (Å²) in [5, 5.41) is 3.47. The number of carbonyl (C=O) groups excluding carboxylic acids is 1. The van der Waals surface area contributed by atoms with Crippen LogP contribution >= 0.6 is 0 Å². The van der Waals surface area contributed by atoms with E-state index in [4.69, 9.17) is 4.42 Å². The highest BCUT2D eigenvalue weighted by molar-refractivity contribution is 5.83. The Balaban J connectivity index is 1.86. The van der Waals surface area contributed by atoms with Gasteiger partial charge < -0.3 is 9.73 Å². The van der Waals surface area contributed by atoms with Gasteiger partial charge in [-0.2, -0.15) is 0 Å². The van der Waals surface area contributed by atoms with Gasteiger partial charge in [0.05, 0.1) is 12.3 Å². The minimum absolute atomic E-state index is 0.00936. The lowest BCUT2D eigenvalue weighted by Crippen LogP contribution is -2.30. The van der Waals surface area contributed by atoms with Gasteiger partial charge in [0.15, 0.2) is 0 Å². The summed E-state index contributed by atoms with van der Waals surface area (Å²) in [6.45, 7) is 0. The van der Waals surface area contributed by atoms with Gasteiger partial charge in [0.1, 0.15) is 11.5 Å². The molecule has 3 rings (SSSR count). The largest absolute Gasteiger partial charge is 0.467 e. The van der Waals surface area contributed by atoms with Crippen LogP contribution in [0.1, 0.15) is 37.5 Å². The average Bonchev–Trinajstić information content (AvgIpc) is 3.01. The molecule has 1 saturated carbocycles. The maximum atomic E-state index is 12.2. The van der Waals surface area contributed by atoms with Crippen molar-refractivity contribution < 1.29 is 9.21 Å². The zero-order valence-corrected chi connectivity index (χ0v) is 11.4. The van der Waals surface area contributed by atoms with Crippen molar-refractivity contribution in [3.05, 3.63) is 54.5 Å². The molecular formula is C17H19NO2. The normalized spacial score (nSPS) is 20.6. The Morgan fingerprint density at radius 1 is 1.10 bits per heavy atom. The highest BCUT2D eigenvalue weighted by atomic mass is 16.3. The van der Waals surface area contributed by atoms with E-state index < -0.39 is 0 Å². The first-order valence-electron chi connectivity index (χ1n) is 7.22. The van der Waals surface area contributed by atoms with Crippen molar-refractivity contribution in [2.24, 2.45) is 5.92 Å². The molecule has 0 spiro atoms. The van der Waals surface area contributed by atoms with Crippen LogP contribution in [0.4, 0.5) is 5.69 Å². The zero-order chi connectivity index (χ0) is 13.8. The van der Waals surface area contributed by atoms with E-state index in [1.54, 1.807) is 6.26 Å². The van der Waals surface area contributed by atoms with Crippen LogP contribution in [0.3, 0.4) is 0 Å². The fourth-order valence-corrected chi connectivity index (χ4v) is 2.91. The van der Waals surface area contributed by atoms with Crippen molar-refractivity contribution in [1.82, 2.24) is 0 Å². The van der Waals surface area contributed by atoms with Crippen molar-refractivity contribution in [2.75, 3.05) is 5.32 Å². The summed E-state index contributed by atoms with van der Waals surface area (Å²) in [6, 6.07) is 13.8. The molecule has 1 aromatic heterocycles. The number of nitrogens with one attached hydrogen (secondary N) is 1. The standard InChI is InChI=1S/C17H19NO2/c19-15-10-5-4-9-14(15)17(16-11-6-12-20-16)18-13-7-2-1-3-8-13/h1-3,6-8,11-12,14,17-18H,4-5,9-10H2/t14-,17+/m0/s1. The molecule has 0 radical (unpaired) electrons. The summed E-state index contributed by atoms with van der Waals surface area (Å²) in [5.74, 6) is 1.20. The zero-order valence-electron chi connectivity index (χ0n) is 11.4. The van der Waals surface area contributed by atoms with Crippen LogP contribution in [0.25, 0.3) is 0 Å². The van der Waals surface area contributed by atoms with Gasteiger partial charge in [0.25, 0.3) is 0 Å². The van der Waals surface area contributed by atoms with E-state index in [0.29, 0.717) is 12.2 Å². The summed E-state index contributed by atoms with van der Waals surface area (Å²) in [4.78, 5) is 12.2. The lowest BCUT2D eigenvalue weighted by molar-refractivity contribution is -0.125. The van der Waals surface area contributed by atoms with Crippen LogP contribution in [0.15, 0.2) is 53.1 Å². The fraction of sp³-hybridized carbons (Fsp3) is 0.353. The van der Waals surface area contributed by atoms with Crippen LogP contribution in [0.2, 0.25) is 0 Å². The Hall–Kier alpha value is -2.03. The number of Topliss-reactive ketones (excluding diaryl/α,β-unsaturated/α-hetero) is 1. The molecule has 0 amide bonds. The third-order valence-electron chi connectivity index (χ3n) is 3.95. The Kier molecular flexibility index (Phi) is 3.86. The highest BCUT2D eigenvalue weighted by Crippen LogP contribution is 2.34. The van der Waals surface area contributed by atoms with Gasteiger partial charge >= 0.3 is 0 Å². The monoisotopic (exact) mass is 269 g/mol. The number of ketones is 1. The molecule has 104 valence electrons. The van der Waals surface area contributed by atoms with Gasteiger partial charge in [-0.05, 0) is 37.1 Å². The summed E-state index contributed by atoms with van der Waals surface area (Å²) < 4.78 is 5.55. The number of hydrogen-bond donors (Lipinski definition) is 1. The molecular weight excluding hydrogens is 250 g/mol. The Morgan fingerprint density at radius 3 is 2.65 bits per heavy atom. The lowest BCUT2D eigenvalue weighted by atomic mass is 9.81. The predicted molar refractivity (Wildman–Crippen MR) is 78.5 cm³/mol. The van der Waals surface area contributed by atoms with Crippen molar-refractivity contribution in [3.8, 4) is 0 Å². The van der Waals surface area contributed by atoms with Gasteiger partial charge in [0.2, 0.25) is 0 Å². The number of furan rings is 1. The fourth-order valence-electron chi connectivity index (χ4n) is 2.91. The van der Waals surface area contributed by atoms with E-state index in [9.17, 15) is 4.79 Å². The van der Waals surface area contributed by atoms with Crippen LogP contribution in [0.5, 0.6) is 0 Å². The second-order valence-corrected chi connectivity index (χ2v) is 5.32. The van der Waals surface area contributed by atoms with E-state index in [1.807, 2.05) is 42.5 Å². The molecule has 1 fully saturated rings. The van der Waals surface area contributed by atoms with Gasteiger partial charge in [-0.15, -0.1) is 0 Å².